The summed E-state index contributed by atoms with van der Waals surface area (Å²) >= 11 is 0. The monoisotopic (exact) mass is 375 g/mol. The van der Waals surface area contributed by atoms with E-state index in [2.05, 4.69) is 0 Å². The quantitative estimate of drug-likeness (QED) is 0.458. The summed E-state index contributed by atoms with van der Waals surface area (Å²) in [6.45, 7) is 0.677. The summed E-state index contributed by atoms with van der Waals surface area (Å²) in [7, 11) is 1.59. The number of unbranched alkanes of at least 4 members (excludes halogenated alkanes) is 3. The fourth-order valence-electron chi connectivity index (χ4n) is 3.33. The van der Waals surface area contributed by atoms with E-state index in [1.165, 1.54) is 0 Å². The molecule has 27 heavy (non-hydrogen) atoms. The van der Waals surface area contributed by atoms with E-state index in [-0.39, 0.29) is 18.4 Å². The Morgan fingerprint density at radius 3 is 2.85 bits per heavy atom. The number of benzene rings is 1. The van der Waals surface area contributed by atoms with Crippen LogP contribution in [0.4, 0.5) is 0 Å². The van der Waals surface area contributed by atoms with Crippen LogP contribution in [0, 0.1) is 0 Å². The molecule has 0 saturated carbocycles. The minimum absolute atomic E-state index is 0.0109. The van der Waals surface area contributed by atoms with Gasteiger partial charge in [-0.3, -0.25) is 9.59 Å². The lowest BCUT2D eigenvalue weighted by molar-refractivity contribution is -0.137. The molecule has 1 heterocycles. The van der Waals surface area contributed by atoms with E-state index in [4.69, 9.17) is 9.84 Å². The molecule has 0 radical (unpaired) electrons. The van der Waals surface area contributed by atoms with Gasteiger partial charge in [0.25, 0.3) is 0 Å². The Kier molecular flexibility index (Phi) is 8.33. The Bertz CT molecular complexity index is 658. The number of amides is 1. The van der Waals surface area contributed by atoms with Crippen molar-refractivity contribution in [3.8, 4) is 5.75 Å². The molecule has 2 N–H and O–H groups in total. The van der Waals surface area contributed by atoms with Crippen LogP contribution in [0.25, 0.3) is 0 Å². The van der Waals surface area contributed by atoms with Crippen LogP contribution in [-0.4, -0.2) is 46.7 Å². The van der Waals surface area contributed by atoms with E-state index in [9.17, 15) is 14.7 Å². The molecule has 1 aromatic carbocycles. The molecule has 1 amide bonds. The second-order valence-electron chi connectivity index (χ2n) is 6.86. The number of carbonyl (C=O) groups excluding carboxylic acids is 1. The summed E-state index contributed by atoms with van der Waals surface area (Å²) in [5.74, 6) is 0.0797. The highest BCUT2D eigenvalue weighted by molar-refractivity contribution is 5.79. The van der Waals surface area contributed by atoms with Gasteiger partial charge in [0.2, 0.25) is 5.91 Å². The first kappa shape index (κ1) is 21.0. The van der Waals surface area contributed by atoms with Crippen LogP contribution in [0.1, 0.15) is 56.6 Å². The molecule has 0 bridgehead atoms. The zero-order valence-electron chi connectivity index (χ0n) is 15.8. The van der Waals surface area contributed by atoms with Gasteiger partial charge in [0.05, 0.1) is 19.3 Å². The van der Waals surface area contributed by atoms with Crippen molar-refractivity contribution in [1.29, 1.82) is 0 Å². The smallest absolute Gasteiger partial charge is 0.303 e. The fourth-order valence-corrected chi connectivity index (χ4v) is 3.33. The number of likely N-dealkylation sites (tertiary alicyclic amines) is 1. The van der Waals surface area contributed by atoms with Gasteiger partial charge in [-0.2, -0.15) is 0 Å². The number of methoxy groups -OCH3 is 1. The zero-order chi connectivity index (χ0) is 19.6. The highest BCUT2D eigenvalue weighted by Crippen LogP contribution is 2.24. The summed E-state index contributed by atoms with van der Waals surface area (Å²) in [5, 5.41) is 19.0. The maximum absolute atomic E-state index is 12.1. The first-order valence-electron chi connectivity index (χ1n) is 9.53. The number of nitrogens with zero attached hydrogens (tertiary/aromatic N) is 1. The average Bonchev–Trinajstić information content (AvgIpc) is 3.02. The van der Waals surface area contributed by atoms with E-state index in [1.807, 2.05) is 29.2 Å². The molecule has 1 aliphatic rings. The van der Waals surface area contributed by atoms with Gasteiger partial charge in [0.1, 0.15) is 5.75 Å². The number of aliphatic carboxylic acids is 1. The van der Waals surface area contributed by atoms with Crippen LogP contribution >= 0.6 is 0 Å². The second kappa shape index (κ2) is 10.7. The number of aliphatic hydroxyl groups is 1. The first-order chi connectivity index (χ1) is 13.0. The number of carbonyl (C=O) groups is 2. The summed E-state index contributed by atoms with van der Waals surface area (Å²) in [5.41, 5.74) is 0.750. The third-order valence-electron chi connectivity index (χ3n) is 4.87. The molecule has 2 rings (SSSR count). The number of hydrogen-bond donors (Lipinski definition) is 2. The molecule has 6 heteroatoms. The molecular formula is C21H29NO5. The fraction of sp³-hybridized carbons (Fsp3) is 0.524. The van der Waals surface area contributed by atoms with Gasteiger partial charge in [-0.05, 0) is 37.0 Å². The lowest BCUT2D eigenvalue weighted by Crippen LogP contribution is -2.32. The van der Waals surface area contributed by atoms with E-state index >= 15 is 0 Å². The molecule has 1 aliphatic heterocycles. The third-order valence-corrected chi connectivity index (χ3v) is 4.87. The van der Waals surface area contributed by atoms with Gasteiger partial charge in [0, 0.05) is 19.4 Å². The maximum atomic E-state index is 12.1. The summed E-state index contributed by atoms with van der Waals surface area (Å²) in [4.78, 5) is 24.5. The van der Waals surface area contributed by atoms with Gasteiger partial charge < -0.3 is 19.8 Å². The molecule has 1 aromatic rings. The Balaban J connectivity index is 1.83. The minimum atomic E-state index is -0.760. The van der Waals surface area contributed by atoms with Crippen molar-refractivity contribution in [2.75, 3.05) is 13.7 Å². The maximum Gasteiger partial charge on any atom is 0.303 e. The van der Waals surface area contributed by atoms with Crippen molar-refractivity contribution in [2.24, 2.45) is 0 Å². The van der Waals surface area contributed by atoms with Gasteiger partial charge in [0.15, 0.2) is 0 Å². The standard InChI is InChI=1S/C21H29NO5/c1-27-18-8-6-7-16(15-18)19(23)12-10-17-11-13-20(24)22(17)14-5-3-2-4-9-21(25)26/h6-8,10,12,15,17,19,23H,2-5,9,11,13-14H2,1H3,(H,25,26)/b12-10+/t17-,19?/m0/s1. The summed E-state index contributed by atoms with van der Waals surface area (Å²) < 4.78 is 5.18. The largest absolute Gasteiger partial charge is 0.497 e. The molecular weight excluding hydrogens is 346 g/mol. The predicted octanol–water partition coefficient (Wildman–Crippen LogP) is 3.31. The van der Waals surface area contributed by atoms with Crippen molar-refractivity contribution in [1.82, 2.24) is 4.90 Å². The predicted molar refractivity (Wildman–Crippen MR) is 103 cm³/mol. The topological polar surface area (TPSA) is 87.1 Å². The van der Waals surface area contributed by atoms with Crippen molar-refractivity contribution < 1.29 is 24.5 Å². The van der Waals surface area contributed by atoms with Gasteiger partial charge >= 0.3 is 5.97 Å². The lowest BCUT2D eigenvalue weighted by Gasteiger charge is -2.22. The summed E-state index contributed by atoms with van der Waals surface area (Å²) in [6.07, 6.45) is 7.74. The van der Waals surface area contributed by atoms with Crippen LogP contribution in [0.2, 0.25) is 0 Å². The Morgan fingerprint density at radius 2 is 2.11 bits per heavy atom. The summed E-state index contributed by atoms with van der Waals surface area (Å²) in [6, 6.07) is 7.31. The van der Waals surface area contributed by atoms with E-state index in [1.54, 1.807) is 19.3 Å². The van der Waals surface area contributed by atoms with Crippen molar-refractivity contribution >= 4 is 11.9 Å². The Labute approximate surface area is 160 Å². The van der Waals surface area contributed by atoms with Crippen LogP contribution in [-0.2, 0) is 9.59 Å². The number of ether oxygens (including phenoxy) is 1. The van der Waals surface area contributed by atoms with Crippen molar-refractivity contribution in [2.45, 2.75) is 57.1 Å². The highest BCUT2D eigenvalue weighted by Gasteiger charge is 2.28. The van der Waals surface area contributed by atoms with E-state index in [0.29, 0.717) is 25.1 Å². The number of carboxylic acids is 1. The third kappa shape index (κ3) is 6.71. The molecule has 1 saturated heterocycles. The normalized spacial score (nSPS) is 18.2. The van der Waals surface area contributed by atoms with E-state index in [0.717, 1.165) is 31.2 Å². The number of aliphatic hydroxyl groups excluding tert-OH is 1. The van der Waals surface area contributed by atoms with Crippen molar-refractivity contribution in [3.63, 3.8) is 0 Å². The molecule has 0 spiro atoms. The number of hydrogen-bond acceptors (Lipinski definition) is 4. The lowest BCUT2D eigenvalue weighted by atomic mass is 10.1. The minimum Gasteiger partial charge on any atom is -0.497 e. The average molecular weight is 375 g/mol. The Morgan fingerprint density at radius 1 is 1.33 bits per heavy atom. The van der Waals surface area contributed by atoms with Gasteiger partial charge in [-0.25, -0.2) is 0 Å². The molecule has 0 aliphatic carbocycles. The molecule has 0 aromatic heterocycles. The molecule has 6 nitrogen and oxygen atoms in total. The SMILES string of the molecule is COc1cccc(C(O)/C=C/[C@H]2CCC(=O)N2CCCCCCC(=O)O)c1. The number of carboxylic acid groups (broad SMARTS) is 1. The van der Waals surface area contributed by atoms with Crippen LogP contribution < -0.4 is 4.74 Å². The van der Waals surface area contributed by atoms with Gasteiger partial charge in [-0.15, -0.1) is 0 Å². The zero-order valence-corrected chi connectivity index (χ0v) is 15.8. The molecule has 148 valence electrons. The number of rotatable bonds is 11. The first-order valence-corrected chi connectivity index (χ1v) is 9.53. The van der Waals surface area contributed by atoms with Crippen LogP contribution in [0.5, 0.6) is 5.75 Å². The Hall–Kier alpha value is -2.34. The van der Waals surface area contributed by atoms with Crippen LogP contribution in [0.3, 0.4) is 0 Å². The van der Waals surface area contributed by atoms with E-state index < -0.39 is 12.1 Å². The molecule has 1 unspecified atom stereocenters. The second-order valence-corrected chi connectivity index (χ2v) is 6.86. The van der Waals surface area contributed by atoms with Gasteiger partial charge in [-0.1, -0.05) is 37.1 Å². The molecule has 2 atom stereocenters. The van der Waals surface area contributed by atoms with Crippen molar-refractivity contribution in [3.05, 3.63) is 42.0 Å². The van der Waals surface area contributed by atoms with Crippen LogP contribution in [0.15, 0.2) is 36.4 Å². The molecule has 1 fully saturated rings. The highest BCUT2D eigenvalue weighted by atomic mass is 16.5.